The zero-order chi connectivity index (χ0) is 29.9. The molecular formula is C32H52N2O6. The lowest BCUT2D eigenvalue weighted by molar-refractivity contribution is -0.163. The van der Waals surface area contributed by atoms with Gasteiger partial charge in [-0.2, -0.15) is 0 Å². The lowest BCUT2D eigenvalue weighted by Gasteiger charge is -2.45. The summed E-state index contributed by atoms with van der Waals surface area (Å²) in [6.45, 7) is 20.9. The number of rotatable bonds is 15. The quantitative estimate of drug-likeness (QED) is 0.178. The van der Waals surface area contributed by atoms with Crippen LogP contribution in [0, 0.1) is 17.3 Å². The molecular weight excluding hydrogens is 508 g/mol. The average Bonchev–Trinajstić information content (AvgIpc) is 3.47. The number of nitrogens with zero attached hydrogens (tertiary/aromatic N) is 2. The van der Waals surface area contributed by atoms with E-state index in [1.54, 1.807) is 11.0 Å². The zero-order valence-electron chi connectivity index (χ0n) is 25.7. The number of esters is 1. The molecule has 3 aliphatic rings. The Bertz CT molecular complexity index is 971. The van der Waals surface area contributed by atoms with Crippen molar-refractivity contribution in [1.82, 2.24) is 9.80 Å². The summed E-state index contributed by atoms with van der Waals surface area (Å²) >= 11 is 0. The molecule has 0 saturated carbocycles. The molecule has 8 heteroatoms. The Hall–Kier alpha value is -2.19. The van der Waals surface area contributed by atoms with Gasteiger partial charge < -0.3 is 24.4 Å². The molecule has 3 saturated heterocycles. The van der Waals surface area contributed by atoms with E-state index in [4.69, 9.17) is 9.47 Å². The maximum absolute atomic E-state index is 14.7. The summed E-state index contributed by atoms with van der Waals surface area (Å²) in [7, 11) is 0. The summed E-state index contributed by atoms with van der Waals surface area (Å²) < 4.78 is 12.6. The maximum Gasteiger partial charge on any atom is 0.312 e. The van der Waals surface area contributed by atoms with Crippen molar-refractivity contribution in [2.24, 2.45) is 17.3 Å². The van der Waals surface area contributed by atoms with E-state index in [-0.39, 0.29) is 37.0 Å². The number of ether oxygens (including phenoxy) is 2. The molecule has 0 aromatic rings. The number of aliphatic hydroxyl groups is 1. The Kier molecular flexibility index (Phi) is 9.99. The highest BCUT2D eigenvalue weighted by Crippen LogP contribution is 2.64. The van der Waals surface area contributed by atoms with Gasteiger partial charge in [0.25, 0.3) is 0 Å². The molecule has 0 radical (unpaired) electrons. The van der Waals surface area contributed by atoms with E-state index >= 15 is 0 Å². The molecule has 8 nitrogen and oxygen atoms in total. The van der Waals surface area contributed by atoms with Gasteiger partial charge in [-0.05, 0) is 70.6 Å². The fraction of sp³-hybridized carbons (Fsp3) is 0.781. The predicted octanol–water partition coefficient (Wildman–Crippen LogP) is 4.65. The highest BCUT2D eigenvalue weighted by atomic mass is 16.6. The van der Waals surface area contributed by atoms with E-state index in [0.717, 1.165) is 25.7 Å². The Balaban J connectivity index is 2.02. The highest BCUT2D eigenvalue weighted by molar-refractivity contribution is 5.98. The minimum absolute atomic E-state index is 0.0405. The van der Waals surface area contributed by atoms with Crippen molar-refractivity contribution in [3.8, 4) is 0 Å². The lowest BCUT2D eigenvalue weighted by atomic mass is 9.65. The summed E-state index contributed by atoms with van der Waals surface area (Å²) in [5.41, 5.74) is -2.50. The number of allylic oxidation sites excluding steroid dienone is 1. The van der Waals surface area contributed by atoms with Gasteiger partial charge in [0.15, 0.2) is 0 Å². The van der Waals surface area contributed by atoms with Crippen molar-refractivity contribution in [2.75, 3.05) is 26.3 Å². The largest absolute Gasteiger partial charge is 0.465 e. The van der Waals surface area contributed by atoms with Crippen LogP contribution in [0.25, 0.3) is 0 Å². The molecule has 226 valence electrons. The fourth-order valence-electron chi connectivity index (χ4n) is 7.80. The van der Waals surface area contributed by atoms with E-state index in [0.29, 0.717) is 32.2 Å². The predicted molar refractivity (Wildman–Crippen MR) is 155 cm³/mol. The van der Waals surface area contributed by atoms with Crippen molar-refractivity contribution < 1.29 is 29.0 Å². The van der Waals surface area contributed by atoms with Gasteiger partial charge in [0, 0.05) is 25.2 Å². The molecule has 3 rings (SSSR count). The van der Waals surface area contributed by atoms with E-state index in [2.05, 4.69) is 47.8 Å². The highest BCUT2D eigenvalue weighted by Gasteiger charge is 2.79. The number of likely N-dealkylation sites (tertiary alicyclic amines) is 1. The second-order valence-corrected chi connectivity index (χ2v) is 13.7. The van der Waals surface area contributed by atoms with Crippen LogP contribution in [0.2, 0.25) is 0 Å². The first kappa shape index (κ1) is 32.3. The molecule has 0 aliphatic carbocycles. The Morgan fingerprint density at radius 1 is 1.15 bits per heavy atom. The summed E-state index contributed by atoms with van der Waals surface area (Å²) in [5, 5.41) is 9.64. The first-order valence-electron chi connectivity index (χ1n) is 15.1. The van der Waals surface area contributed by atoms with E-state index in [1.807, 2.05) is 17.9 Å². The molecule has 3 aliphatic heterocycles. The summed E-state index contributed by atoms with van der Waals surface area (Å²) in [6, 6.07) is -0.880. The molecule has 5 atom stereocenters. The molecule has 3 fully saturated rings. The molecule has 2 bridgehead atoms. The van der Waals surface area contributed by atoms with Gasteiger partial charge in [0.2, 0.25) is 11.8 Å². The normalized spacial score (nSPS) is 29.4. The van der Waals surface area contributed by atoms with Crippen molar-refractivity contribution in [3.63, 3.8) is 0 Å². The third-order valence-corrected chi connectivity index (χ3v) is 9.04. The number of hydrogen-bond donors (Lipinski definition) is 1. The average molecular weight is 561 g/mol. The van der Waals surface area contributed by atoms with Gasteiger partial charge in [-0.1, -0.05) is 39.8 Å². The lowest BCUT2D eigenvalue weighted by Crippen LogP contribution is -2.61. The fourth-order valence-corrected chi connectivity index (χ4v) is 7.80. The SMILES string of the molecule is C=CCCCCOC(=O)[C@H]1[C@H]2C(=O)N(CCCO)C(C(=O)N(CC=C)C(C)(C)CC(C)(C)C)C23CC[C@]1(CC)O3. The number of unbranched alkanes of at least 4 members (excludes halogenated alkanes) is 2. The molecule has 1 spiro atoms. The number of fused-ring (bicyclic) bond motifs is 1. The van der Waals surface area contributed by atoms with E-state index < -0.39 is 40.6 Å². The number of carbonyl (C=O) groups excluding carboxylic acids is 3. The van der Waals surface area contributed by atoms with Gasteiger partial charge >= 0.3 is 5.97 Å². The molecule has 40 heavy (non-hydrogen) atoms. The van der Waals surface area contributed by atoms with Gasteiger partial charge in [-0.15, -0.1) is 13.2 Å². The zero-order valence-corrected chi connectivity index (χ0v) is 25.7. The van der Waals surface area contributed by atoms with Crippen molar-refractivity contribution in [3.05, 3.63) is 25.3 Å². The Morgan fingerprint density at radius 3 is 2.42 bits per heavy atom. The molecule has 2 amide bonds. The van der Waals surface area contributed by atoms with Crippen LogP contribution in [0.5, 0.6) is 0 Å². The Morgan fingerprint density at radius 2 is 1.85 bits per heavy atom. The van der Waals surface area contributed by atoms with Gasteiger partial charge in [-0.3, -0.25) is 14.4 Å². The van der Waals surface area contributed by atoms with Crippen molar-refractivity contribution >= 4 is 17.8 Å². The van der Waals surface area contributed by atoms with Crippen LogP contribution in [0.3, 0.4) is 0 Å². The van der Waals surface area contributed by atoms with Crippen LogP contribution in [-0.2, 0) is 23.9 Å². The van der Waals surface area contributed by atoms with Gasteiger partial charge in [-0.25, -0.2) is 0 Å². The minimum atomic E-state index is -1.11. The summed E-state index contributed by atoms with van der Waals surface area (Å²) in [4.78, 5) is 45.9. The van der Waals surface area contributed by atoms with E-state index in [9.17, 15) is 19.5 Å². The minimum Gasteiger partial charge on any atom is -0.465 e. The Labute approximate surface area is 241 Å². The number of hydrogen-bond acceptors (Lipinski definition) is 6. The van der Waals surface area contributed by atoms with Crippen LogP contribution in [0.4, 0.5) is 0 Å². The van der Waals surface area contributed by atoms with Crippen molar-refractivity contribution in [2.45, 2.75) is 116 Å². The maximum atomic E-state index is 14.7. The molecule has 3 heterocycles. The molecule has 0 aromatic heterocycles. The molecule has 1 N–H and O–H groups in total. The summed E-state index contributed by atoms with van der Waals surface area (Å²) in [5.74, 6) is -2.39. The van der Waals surface area contributed by atoms with Crippen LogP contribution in [0.1, 0.15) is 92.9 Å². The smallest absolute Gasteiger partial charge is 0.312 e. The third kappa shape index (κ3) is 5.89. The van der Waals surface area contributed by atoms with E-state index in [1.165, 1.54) is 0 Å². The third-order valence-electron chi connectivity index (χ3n) is 9.04. The topological polar surface area (TPSA) is 96.4 Å². The van der Waals surface area contributed by atoms with Crippen LogP contribution < -0.4 is 0 Å². The summed E-state index contributed by atoms with van der Waals surface area (Å²) in [6.07, 6.45) is 8.75. The second kappa shape index (κ2) is 12.4. The molecule has 2 unspecified atom stereocenters. The van der Waals surface area contributed by atoms with Gasteiger partial charge in [0.05, 0.1) is 18.1 Å². The number of aliphatic hydroxyl groups excluding tert-OH is 1. The van der Waals surface area contributed by atoms with Crippen LogP contribution in [-0.4, -0.2) is 81.8 Å². The van der Waals surface area contributed by atoms with Crippen molar-refractivity contribution in [1.29, 1.82) is 0 Å². The first-order chi connectivity index (χ1) is 18.7. The number of amides is 2. The van der Waals surface area contributed by atoms with Crippen LogP contribution in [0.15, 0.2) is 25.3 Å². The second-order valence-electron chi connectivity index (χ2n) is 13.7. The monoisotopic (exact) mass is 560 g/mol. The number of carbonyl (C=O) groups is 3. The first-order valence-corrected chi connectivity index (χ1v) is 15.1. The van der Waals surface area contributed by atoms with Gasteiger partial charge in [0.1, 0.15) is 17.6 Å². The standard InChI is InChI=1S/C32H52N2O6/c1-9-12-13-14-21-39-28(38)24-23-26(36)33(19-15-20-35)25(32(23)17-16-31(24,11-3)40-32)27(37)34(18-10-2)30(7,8)22-29(4,5)6/h9-10,23-25,35H,1-2,11-22H2,3-8H3/t23-,24+,25?,31-,32?/m0/s1. The molecule has 0 aromatic carbocycles. The van der Waals surface area contributed by atoms with Crippen LogP contribution >= 0.6 is 0 Å².